The van der Waals surface area contributed by atoms with Crippen LogP contribution in [0.1, 0.15) is 36.8 Å². The Kier molecular flexibility index (Phi) is 5.09. The Balaban J connectivity index is 1.84. The molecule has 0 aromatic carbocycles. The van der Waals surface area contributed by atoms with E-state index in [1.54, 1.807) is 18.5 Å². The van der Waals surface area contributed by atoms with Crippen LogP contribution in [0.15, 0.2) is 24.5 Å². The van der Waals surface area contributed by atoms with Crippen molar-refractivity contribution in [3.63, 3.8) is 0 Å². The predicted octanol–water partition coefficient (Wildman–Crippen LogP) is 1.84. The number of nitrogens with zero attached hydrogens (tertiary/aromatic N) is 5. The summed E-state index contributed by atoms with van der Waals surface area (Å²) in [6.07, 6.45) is 6.72. The van der Waals surface area contributed by atoms with Crippen molar-refractivity contribution in [2.75, 3.05) is 25.0 Å². The van der Waals surface area contributed by atoms with Crippen molar-refractivity contribution in [2.24, 2.45) is 0 Å². The number of aromatic nitrogens is 4. The summed E-state index contributed by atoms with van der Waals surface area (Å²) in [5.41, 5.74) is 0.906. The van der Waals surface area contributed by atoms with Crippen molar-refractivity contribution in [1.82, 2.24) is 24.8 Å². The minimum atomic E-state index is 0.158. The molecule has 122 valence electrons. The number of hydrogen-bond donors (Lipinski definition) is 2. The Hall–Kier alpha value is -2.12. The minimum absolute atomic E-state index is 0.158. The summed E-state index contributed by atoms with van der Waals surface area (Å²) >= 11 is 0. The van der Waals surface area contributed by atoms with Crippen LogP contribution in [0, 0.1) is 6.92 Å². The first-order valence-corrected chi connectivity index (χ1v) is 8.01. The van der Waals surface area contributed by atoms with Crippen LogP contribution in [0.25, 0.3) is 0 Å². The van der Waals surface area contributed by atoms with Gasteiger partial charge in [-0.2, -0.15) is 0 Å². The van der Waals surface area contributed by atoms with E-state index < -0.39 is 0 Å². The Labute approximate surface area is 135 Å². The Morgan fingerprint density at radius 2 is 2.09 bits per heavy atom. The highest BCUT2D eigenvalue weighted by molar-refractivity contribution is 5.47. The van der Waals surface area contributed by atoms with Crippen molar-refractivity contribution in [3.8, 4) is 0 Å². The summed E-state index contributed by atoms with van der Waals surface area (Å²) in [6, 6.07) is 3.82. The molecule has 0 unspecified atom stereocenters. The number of aryl methyl sites for hydroxylation is 1. The van der Waals surface area contributed by atoms with Crippen LogP contribution in [-0.4, -0.2) is 49.6 Å². The molecule has 2 N–H and O–H groups in total. The second-order valence-electron chi connectivity index (χ2n) is 5.72. The fourth-order valence-electron chi connectivity index (χ4n) is 2.96. The van der Waals surface area contributed by atoms with Gasteiger partial charge in [-0.05, 0) is 32.4 Å². The molecule has 0 radical (unpaired) electrons. The number of hydrogen-bond acceptors (Lipinski definition) is 7. The zero-order chi connectivity index (χ0) is 16.1. The summed E-state index contributed by atoms with van der Waals surface area (Å²) in [6.45, 7) is 3.76. The third-order valence-electron chi connectivity index (χ3n) is 3.98. The van der Waals surface area contributed by atoms with Gasteiger partial charge in [-0.25, -0.2) is 19.9 Å². The molecule has 3 rings (SSSR count). The monoisotopic (exact) mass is 314 g/mol. The molecule has 7 heteroatoms. The lowest BCUT2D eigenvalue weighted by molar-refractivity contribution is 0.112. The highest BCUT2D eigenvalue weighted by Crippen LogP contribution is 2.29. The predicted molar refractivity (Wildman–Crippen MR) is 87.3 cm³/mol. The Morgan fingerprint density at radius 3 is 2.87 bits per heavy atom. The number of anilines is 2. The number of rotatable bonds is 5. The smallest absolute Gasteiger partial charge is 0.228 e. The van der Waals surface area contributed by atoms with Crippen molar-refractivity contribution >= 4 is 11.8 Å². The first kappa shape index (κ1) is 15.8. The molecule has 0 aliphatic carbocycles. The zero-order valence-corrected chi connectivity index (χ0v) is 13.3. The second kappa shape index (κ2) is 7.43. The van der Waals surface area contributed by atoms with Crippen molar-refractivity contribution in [3.05, 3.63) is 36.0 Å². The second-order valence-corrected chi connectivity index (χ2v) is 5.72. The molecule has 1 aliphatic heterocycles. The first-order chi connectivity index (χ1) is 11.3. The summed E-state index contributed by atoms with van der Waals surface area (Å²) in [4.78, 5) is 19.9. The quantitative estimate of drug-likeness (QED) is 0.870. The van der Waals surface area contributed by atoms with Gasteiger partial charge in [0.1, 0.15) is 11.6 Å². The van der Waals surface area contributed by atoms with Crippen molar-refractivity contribution in [2.45, 2.75) is 32.2 Å². The van der Waals surface area contributed by atoms with E-state index in [9.17, 15) is 5.11 Å². The van der Waals surface area contributed by atoms with Gasteiger partial charge in [-0.1, -0.05) is 6.42 Å². The largest absolute Gasteiger partial charge is 0.395 e. The molecule has 0 spiro atoms. The molecule has 2 aromatic rings. The maximum Gasteiger partial charge on any atom is 0.228 e. The lowest BCUT2D eigenvalue weighted by Crippen LogP contribution is -2.36. The fourth-order valence-corrected chi connectivity index (χ4v) is 2.96. The van der Waals surface area contributed by atoms with E-state index in [2.05, 4.69) is 30.2 Å². The summed E-state index contributed by atoms with van der Waals surface area (Å²) in [5, 5.41) is 12.4. The van der Waals surface area contributed by atoms with Gasteiger partial charge in [0.15, 0.2) is 0 Å². The van der Waals surface area contributed by atoms with Crippen LogP contribution in [0.2, 0.25) is 0 Å². The van der Waals surface area contributed by atoms with Gasteiger partial charge in [0.2, 0.25) is 5.95 Å². The molecule has 23 heavy (non-hydrogen) atoms. The van der Waals surface area contributed by atoms with Crippen LogP contribution < -0.4 is 5.32 Å². The fraction of sp³-hybridized carbons (Fsp3) is 0.500. The zero-order valence-electron chi connectivity index (χ0n) is 13.3. The van der Waals surface area contributed by atoms with E-state index in [1.807, 2.05) is 13.0 Å². The molecule has 3 heterocycles. The van der Waals surface area contributed by atoms with E-state index in [-0.39, 0.29) is 12.6 Å². The molecule has 1 aliphatic rings. The van der Waals surface area contributed by atoms with Crippen LogP contribution >= 0.6 is 0 Å². The molecule has 2 aromatic heterocycles. The van der Waals surface area contributed by atoms with Crippen LogP contribution in [0.4, 0.5) is 11.8 Å². The molecule has 0 saturated carbocycles. The van der Waals surface area contributed by atoms with Crippen LogP contribution in [0.5, 0.6) is 0 Å². The van der Waals surface area contributed by atoms with Gasteiger partial charge < -0.3 is 10.4 Å². The normalized spacial score (nSPS) is 18.8. The van der Waals surface area contributed by atoms with Crippen molar-refractivity contribution in [1.29, 1.82) is 0 Å². The number of likely N-dealkylation sites (tertiary alicyclic amines) is 1. The number of β-amino-alcohol motifs (C(OH)–C–C–N with tert-alkyl or cyclic N) is 1. The average molecular weight is 314 g/mol. The molecule has 7 nitrogen and oxygen atoms in total. The summed E-state index contributed by atoms with van der Waals surface area (Å²) < 4.78 is 0. The lowest BCUT2D eigenvalue weighted by atomic mass is 10.0. The summed E-state index contributed by atoms with van der Waals surface area (Å²) in [5.74, 6) is 2.03. The molecule has 0 amide bonds. The first-order valence-electron chi connectivity index (χ1n) is 8.01. The van der Waals surface area contributed by atoms with E-state index in [1.165, 1.54) is 0 Å². The van der Waals surface area contributed by atoms with Gasteiger partial charge in [0.25, 0.3) is 0 Å². The van der Waals surface area contributed by atoms with Gasteiger partial charge in [-0.15, -0.1) is 0 Å². The van der Waals surface area contributed by atoms with Crippen molar-refractivity contribution < 1.29 is 5.11 Å². The lowest BCUT2D eigenvalue weighted by Gasteiger charge is -2.34. The number of piperidine rings is 1. The van der Waals surface area contributed by atoms with E-state index >= 15 is 0 Å². The van der Waals surface area contributed by atoms with Gasteiger partial charge >= 0.3 is 0 Å². The third kappa shape index (κ3) is 4.00. The average Bonchev–Trinajstić information content (AvgIpc) is 2.56. The molecular formula is C16H22N6O. The maximum atomic E-state index is 9.28. The molecular weight excluding hydrogens is 292 g/mol. The maximum absolute atomic E-state index is 9.28. The third-order valence-corrected chi connectivity index (χ3v) is 3.98. The van der Waals surface area contributed by atoms with E-state index in [0.717, 1.165) is 37.3 Å². The Bertz CT molecular complexity index is 634. The molecule has 0 bridgehead atoms. The SMILES string of the molecule is Cc1cc(Nc2ncccn2)nc([C@@H]2CCCCN2CCO)n1. The number of nitrogens with one attached hydrogen (secondary N) is 1. The van der Waals surface area contributed by atoms with Gasteiger partial charge in [0, 0.05) is 30.7 Å². The standard InChI is InChI=1S/C16H22N6O/c1-12-11-14(21-16-17-6-4-7-18-16)20-15(19-12)13-5-2-3-8-22(13)9-10-23/h4,6-7,11,13,23H,2-3,5,8-10H2,1H3,(H,17,18,19,20,21)/t13-/m0/s1. The molecule has 1 saturated heterocycles. The van der Waals surface area contributed by atoms with Crippen LogP contribution in [0.3, 0.4) is 0 Å². The van der Waals surface area contributed by atoms with Gasteiger partial charge in [0.05, 0.1) is 12.6 Å². The Morgan fingerprint density at radius 1 is 1.26 bits per heavy atom. The minimum Gasteiger partial charge on any atom is -0.395 e. The summed E-state index contributed by atoms with van der Waals surface area (Å²) in [7, 11) is 0. The van der Waals surface area contributed by atoms with Gasteiger partial charge in [-0.3, -0.25) is 4.90 Å². The van der Waals surface area contributed by atoms with E-state index in [4.69, 9.17) is 0 Å². The number of aliphatic hydroxyl groups is 1. The van der Waals surface area contributed by atoms with E-state index in [0.29, 0.717) is 18.3 Å². The molecule has 1 fully saturated rings. The topological polar surface area (TPSA) is 87.1 Å². The molecule has 1 atom stereocenters. The highest BCUT2D eigenvalue weighted by Gasteiger charge is 2.26. The van der Waals surface area contributed by atoms with Crippen LogP contribution in [-0.2, 0) is 0 Å². The highest BCUT2D eigenvalue weighted by atomic mass is 16.3. The number of aliphatic hydroxyl groups excluding tert-OH is 1.